The molecular weight excluding hydrogens is 156 g/mol. The van der Waals surface area contributed by atoms with Gasteiger partial charge >= 0.3 is 0 Å². The molecule has 1 saturated heterocycles. The van der Waals surface area contributed by atoms with Crippen LogP contribution in [0.1, 0.15) is 19.8 Å². The summed E-state index contributed by atoms with van der Waals surface area (Å²) in [5, 5.41) is 9.40. The molecule has 1 rings (SSSR count). The summed E-state index contributed by atoms with van der Waals surface area (Å²) in [6, 6.07) is 0.103. The largest absolute Gasteiger partial charge is 0.389 e. The van der Waals surface area contributed by atoms with Gasteiger partial charge in [0.25, 0.3) is 0 Å². The van der Waals surface area contributed by atoms with Gasteiger partial charge in [-0.2, -0.15) is 0 Å². The number of hydrogen-bond donors (Lipinski definition) is 3. The van der Waals surface area contributed by atoms with E-state index in [4.69, 9.17) is 16.2 Å². The molecule has 4 heteroatoms. The highest BCUT2D eigenvalue weighted by Gasteiger charge is 2.29. The Balaban J connectivity index is 2.39. The van der Waals surface area contributed by atoms with Gasteiger partial charge in [0.15, 0.2) is 0 Å². The van der Waals surface area contributed by atoms with Gasteiger partial charge in [0, 0.05) is 12.6 Å². The van der Waals surface area contributed by atoms with E-state index >= 15 is 0 Å². The first-order valence-electron chi connectivity index (χ1n) is 4.44. The maximum atomic E-state index is 9.40. The van der Waals surface area contributed by atoms with Crippen LogP contribution in [0.5, 0.6) is 0 Å². The summed E-state index contributed by atoms with van der Waals surface area (Å²) < 4.78 is 5.50. The molecule has 0 radical (unpaired) electrons. The molecule has 0 aliphatic carbocycles. The molecule has 72 valence electrons. The van der Waals surface area contributed by atoms with E-state index in [-0.39, 0.29) is 24.8 Å². The average Bonchev–Trinajstić information content (AvgIpc) is 2.08. The quantitative estimate of drug-likeness (QED) is 0.512. The van der Waals surface area contributed by atoms with Gasteiger partial charge in [-0.25, -0.2) is 0 Å². The van der Waals surface area contributed by atoms with E-state index < -0.39 is 6.10 Å². The first kappa shape index (κ1) is 9.92. The van der Waals surface area contributed by atoms with E-state index in [1.807, 2.05) is 6.92 Å². The van der Waals surface area contributed by atoms with Crippen molar-refractivity contribution in [3.8, 4) is 0 Å². The normalized spacial score (nSPS) is 39.5. The molecule has 12 heavy (non-hydrogen) atoms. The molecule has 4 atom stereocenters. The van der Waals surface area contributed by atoms with Gasteiger partial charge in [-0.1, -0.05) is 0 Å². The molecule has 0 amide bonds. The Morgan fingerprint density at radius 3 is 2.75 bits per heavy atom. The third kappa shape index (κ3) is 2.17. The number of nitrogens with two attached hydrogens (primary N) is 2. The van der Waals surface area contributed by atoms with Crippen LogP contribution >= 0.6 is 0 Å². The lowest BCUT2D eigenvalue weighted by molar-refractivity contribution is -0.103. The predicted octanol–water partition coefficient (Wildman–Crippen LogP) is -0.799. The van der Waals surface area contributed by atoms with Crippen molar-refractivity contribution < 1.29 is 9.84 Å². The summed E-state index contributed by atoms with van der Waals surface area (Å²) in [5.74, 6) is 0. The maximum absolute atomic E-state index is 9.40. The van der Waals surface area contributed by atoms with E-state index in [0.717, 1.165) is 12.8 Å². The summed E-state index contributed by atoms with van der Waals surface area (Å²) in [5.41, 5.74) is 11.1. The summed E-state index contributed by atoms with van der Waals surface area (Å²) in [7, 11) is 0. The Morgan fingerprint density at radius 2 is 2.25 bits per heavy atom. The molecule has 1 aliphatic heterocycles. The average molecular weight is 174 g/mol. The number of aliphatic hydroxyl groups is 1. The van der Waals surface area contributed by atoms with Gasteiger partial charge < -0.3 is 21.3 Å². The second-order valence-corrected chi connectivity index (χ2v) is 3.42. The van der Waals surface area contributed by atoms with Crippen molar-refractivity contribution in [2.24, 2.45) is 11.5 Å². The monoisotopic (exact) mass is 174 g/mol. The van der Waals surface area contributed by atoms with Crippen LogP contribution in [0.4, 0.5) is 0 Å². The third-order valence-corrected chi connectivity index (χ3v) is 2.45. The Labute approximate surface area is 72.9 Å². The zero-order chi connectivity index (χ0) is 9.14. The van der Waals surface area contributed by atoms with Gasteiger partial charge in [-0.15, -0.1) is 0 Å². The van der Waals surface area contributed by atoms with Crippen LogP contribution < -0.4 is 11.5 Å². The molecule has 5 N–H and O–H groups in total. The van der Waals surface area contributed by atoms with Crippen LogP contribution in [-0.2, 0) is 4.74 Å². The number of hydrogen-bond acceptors (Lipinski definition) is 4. The topological polar surface area (TPSA) is 81.5 Å². The Kier molecular flexibility index (Phi) is 3.46. The molecule has 0 aromatic carbocycles. The van der Waals surface area contributed by atoms with Crippen LogP contribution in [0.2, 0.25) is 0 Å². The number of aliphatic hydroxyl groups excluding tert-OH is 1. The molecule has 0 aromatic heterocycles. The van der Waals surface area contributed by atoms with Crippen LogP contribution in [-0.4, -0.2) is 36.0 Å². The molecule has 1 heterocycles. The summed E-state index contributed by atoms with van der Waals surface area (Å²) >= 11 is 0. The fourth-order valence-corrected chi connectivity index (χ4v) is 1.47. The van der Waals surface area contributed by atoms with Gasteiger partial charge in [0.2, 0.25) is 0 Å². The number of ether oxygens (including phenoxy) is 1. The molecule has 0 saturated carbocycles. The molecule has 0 bridgehead atoms. The van der Waals surface area contributed by atoms with Crippen LogP contribution in [0.25, 0.3) is 0 Å². The molecule has 3 unspecified atom stereocenters. The van der Waals surface area contributed by atoms with Crippen molar-refractivity contribution in [3.63, 3.8) is 0 Å². The van der Waals surface area contributed by atoms with Crippen molar-refractivity contribution in [2.45, 2.75) is 44.1 Å². The highest BCUT2D eigenvalue weighted by Crippen LogP contribution is 2.19. The minimum Gasteiger partial charge on any atom is -0.389 e. The molecule has 1 fully saturated rings. The Morgan fingerprint density at radius 1 is 1.58 bits per heavy atom. The van der Waals surface area contributed by atoms with Crippen molar-refractivity contribution in [1.29, 1.82) is 0 Å². The lowest BCUT2D eigenvalue weighted by Crippen LogP contribution is -2.47. The van der Waals surface area contributed by atoms with Gasteiger partial charge in [0.05, 0.1) is 18.3 Å². The summed E-state index contributed by atoms with van der Waals surface area (Å²) in [6.07, 6.45) is 1.09. The maximum Gasteiger partial charge on any atom is 0.0923 e. The smallest absolute Gasteiger partial charge is 0.0923 e. The minimum atomic E-state index is -0.542. The zero-order valence-corrected chi connectivity index (χ0v) is 7.44. The number of rotatable bonds is 2. The lowest BCUT2D eigenvalue weighted by atomic mass is 9.97. The predicted molar refractivity (Wildman–Crippen MR) is 46.6 cm³/mol. The van der Waals surface area contributed by atoms with E-state index in [9.17, 15) is 5.11 Å². The fourth-order valence-electron chi connectivity index (χ4n) is 1.47. The molecule has 4 nitrogen and oxygen atoms in total. The lowest BCUT2D eigenvalue weighted by Gasteiger charge is -2.34. The highest BCUT2D eigenvalue weighted by atomic mass is 16.5. The second-order valence-electron chi connectivity index (χ2n) is 3.42. The second kappa shape index (κ2) is 4.18. The zero-order valence-electron chi connectivity index (χ0n) is 7.44. The minimum absolute atomic E-state index is 0.0324. The van der Waals surface area contributed by atoms with Crippen molar-refractivity contribution in [2.75, 3.05) is 6.54 Å². The third-order valence-electron chi connectivity index (χ3n) is 2.45. The molecule has 1 aliphatic rings. The Bertz CT molecular complexity index is 143. The van der Waals surface area contributed by atoms with Crippen molar-refractivity contribution in [1.82, 2.24) is 0 Å². The highest BCUT2D eigenvalue weighted by molar-refractivity contribution is 4.82. The standard InChI is InChI=1S/C8H18N2O2/c1-5-6(10)2-3-8(12-5)7(11)4-9/h5-8,11H,2-4,9-10H2,1H3/t5-,6?,7?,8?/m1/s1. The van der Waals surface area contributed by atoms with Crippen molar-refractivity contribution in [3.05, 3.63) is 0 Å². The first-order chi connectivity index (χ1) is 5.65. The van der Waals surface area contributed by atoms with Crippen LogP contribution in [0.3, 0.4) is 0 Å². The Hall–Kier alpha value is -0.160. The SMILES string of the molecule is C[C@H]1OC(C(O)CN)CCC1N. The van der Waals surface area contributed by atoms with E-state index in [1.165, 1.54) is 0 Å². The van der Waals surface area contributed by atoms with E-state index in [0.29, 0.717) is 0 Å². The molecule has 0 spiro atoms. The molecular formula is C8H18N2O2. The van der Waals surface area contributed by atoms with Gasteiger partial charge in [-0.05, 0) is 19.8 Å². The summed E-state index contributed by atoms with van der Waals surface area (Å²) in [4.78, 5) is 0. The van der Waals surface area contributed by atoms with Crippen LogP contribution in [0.15, 0.2) is 0 Å². The first-order valence-corrected chi connectivity index (χ1v) is 4.44. The van der Waals surface area contributed by atoms with Gasteiger partial charge in [-0.3, -0.25) is 0 Å². The van der Waals surface area contributed by atoms with Gasteiger partial charge in [0.1, 0.15) is 0 Å². The van der Waals surface area contributed by atoms with Crippen LogP contribution in [0, 0.1) is 0 Å². The van der Waals surface area contributed by atoms with E-state index in [1.54, 1.807) is 0 Å². The molecule has 0 aromatic rings. The van der Waals surface area contributed by atoms with E-state index in [2.05, 4.69) is 0 Å². The fraction of sp³-hybridized carbons (Fsp3) is 1.00. The van der Waals surface area contributed by atoms with Crippen molar-refractivity contribution >= 4 is 0 Å². The summed E-state index contributed by atoms with van der Waals surface area (Å²) in [6.45, 7) is 2.19.